The molecular formula is C9H14N2OS. The molecule has 1 aromatic heterocycles. The molecule has 72 valence electrons. The van der Waals surface area contributed by atoms with Gasteiger partial charge in [-0.15, -0.1) is 0 Å². The van der Waals surface area contributed by atoms with Crippen LogP contribution in [0, 0.1) is 10.8 Å². The molecule has 0 spiro atoms. The van der Waals surface area contributed by atoms with E-state index in [2.05, 4.69) is 17.1 Å². The molecule has 3 nitrogen and oxygen atoms in total. The Labute approximate surface area is 82.5 Å². The smallest absolute Gasteiger partial charge is 0.314 e. The van der Waals surface area contributed by atoms with Crippen molar-refractivity contribution in [3.05, 3.63) is 10.7 Å². The van der Waals surface area contributed by atoms with Gasteiger partial charge in [0.1, 0.15) is 5.82 Å². The number of aromatic nitrogens is 2. The second kappa shape index (κ2) is 3.62. The molecule has 0 amide bonds. The summed E-state index contributed by atoms with van der Waals surface area (Å²) in [5.74, 6) is 2.35. The van der Waals surface area contributed by atoms with Crippen molar-refractivity contribution in [1.29, 1.82) is 0 Å². The molecule has 13 heavy (non-hydrogen) atoms. The van der Waals surface area contributed by atoms with Crippen LogP contribution in [0.15, 0.2) is 4.52 Å². The van der Waals surface area contributed by atoms with Gasteiger partial charge in [-0.2, -0.15) is 4.98 Å². The van der Waals surface area contributed by atoms with Gasteiger partial charge in [-0.3, -0.25) is 0 Å². The highest BCUT2D eigenvalue weighted by Crippen LogP contribution is 2.33. The first kappa shape index (κ1) is 8.94. The lowest BCUT2D eigenvalue weighted by Crippen LogP contribution is -2.11. The normalized spacial score (nSPS) is 29.0. The monoisotopic (exact) mass is 198 g/mol. The molecular weight excluding hydrogens is 184 g/mol. The quantitative estimate of drug-likeness (QED) is 0.705. The molecule has 0 aromatic carbocycles. The number of H-pyrrole nitrogens is 1. The van der Waals surface area contributed by atoms with Crippen molar-refractivity contribution >= 4 is 12.2 Å². The van der Waals surface area contributed by atoms with Crippen LogP contribution in [0.3, 0.4) is 0 Å². The maximum Gasteiger partial charge on any atom is 0.314 e. The van der Waals surface area contributed by atoms with Crippen molar-refractivity contribution in [3.63, 3.8) is 0 Å². The highest BCUT2D eigenvalue weighted by Gasteiger charge is 2.21. The SMILES string of the molecule is CC1CCC(c2nc(=S)o[nH]2)CC1. The Balaban J connectivity index is 2.06. The van der Waals surface area contributed by atoms with Gasteiger partial charge >= 0.3 is 4.84 Å². The van der Waals surface area contributed by atoms with E-state index in [9.17, 15) is 0 Å². The molecule has 1 saturated carbocycles. The van der Waals surface area contributed by atoms with Crippen molar-refractivity contribution in [2.75, 3.05) is 0 Å². The van der Waals surface area contributed by atoms with Gasteiger partial charge in [-0.05, 0) is 31.0 Å². The van der Waals surface area contributed by atoms with Gasteiger partial charge in [-0.25, -0.2) is 5.16 Å². The van der Waals surface area contributed by atoms with Gasteiger partial charge in [0, 0.05) is 5.92 Å². The van der Waals surface area contributed by atoms with E-state index in [-0.39, 0.29) is 0 Å². The van der Waals surface area contributed by atoms with E-state index < -0.39 is 0 Å². The van der Waals surface area contributed by atoms with Crippen molar-refractivity contribution < 1.29 is 4.52 Å². The van der Waals surface area contributed by atoms with Crippen LogP contribution >= 0.6 is 12.2 Å². The summed E-state index contributed by atoms with van der Waals surface area (Å²) >= 11 is 4.82. The van der Waals surface area contributed by atoms with Crippen molar-refractivity contribution in [2.24, 2.45) is 5.92 Å². The first-order valence-corrected chi connectivity index (χ1v) is 5.22. The molecule has 1 fully saturated rings. The Kier molecular flexibility index (Phi) is 2.49. The molecule has 1 N–H and O–H groups in total. The molecule has 0 aliphatic heterocycles. The van der Waals surface area contributed by atoms with Gasteiger partial charge < -0.3 is 4.52 Å². The number of aromatic amines is 1. The number of hydrogen-bond donors (Lipinski definition) is 1. The molecule has 0 atom stereocenters. The zero-order chi connectivity index (χ0) is 9.26. The fourth-order valence-electron chi connectivity index (χ4n) is 1.95. The minimum atomic E-state index is 0.327. The molecule has 1 aromatic rings. The fraction of sp³-hybridized carbons (Fsp3) is 0.778. The largest absolute Gasteiger partial charge is 0.348 e. The third kappa shape index (κ3) is 1.99. The number of nitrogens with one attached hydrogen (secondary N) is 1. The lowest BCUT2D eigenvalue weighted by atomic mass is 9.83. The van der Waals surface area contributed by atoms with Gasteiger partial charge in [0.25, 0.3) is 0 Å². The lowest BCUT2D eigenvalue weighted by Gasteiger charge is -2.23. The summed E-state index contributed by atoms with van der Waals surface area (Å²) in [6.45, 7) is 2.31. The zero-order valence-electron chi connectivity index (χ0n) is 7.75. The summed E-state index contributed by atoms with van der Waals surface area (Å²) in [7, 11) is 0. The molecule has 1 aliphatic rings. The zero-order valence-corrected chi connectivity index (χ0v) is 8.56. The lowest BCUT2D eigenvalue weighted by molar-refractivity contribution is 0.327. The highest BCUT2D eigenvalue weighted by atomic mass is 32.1. The minimum Gasteiger partial charge on any atom is -0.348 e. The Bertz CT molecular complexity index is 322. The van der Waals surface area contributed by atoms with Gasteiger partial charge in [0.15, 0.2) is 0 Å². The van der Waals surface area contributed by atoms with Crippen LogP contribution in [-0.4, -0.2) is 10.1 Å². The van der Waals surface area contributed by atoms with Gasteiger partial charge in [0.2, 0.25) is 0 Å². The first-order chi connectivity index (χ1) is 6.25. The van der Waals surface area contributed by atoms with Crippen molar-refractivity contribution in [1.82, 2.24) is 10.1 Å². The summed E-state index contributed by atoms with van der Waals surface area (Å²) in [6, 6.07) is 0. The van der Waals surface area contributed by atoms with Crippen LogP contribution in [-0.2, 0) is 0 Å². The highest BCUT2D eigenvalue weighted by molar-refractivity contribution is 7.71. The maximum atomic E-state index is 4.92. The Morgan fingerprint density at radius 1 is 1.38 bits per heavy atom. The third-order valence-corrected chi connectivity index (χ3v) is 3.03. The van der Waals surface area contributed by atoms with Crippen LogP contribution in [0.5, 0.6) is 0 Å². The first-order valence-electron chi connectivity index (χ1n) is 4.81. The average Bonchev–Trinajstić information content (AvgIpc) is 2.53. The number of hydrogen-bond acceptors (Lipinski definition) is 3. The summed E-state index contributed by atoms with van der Waals surface area (Å²) in [6.07, 6.45) is 4.99. The Hall–Kier alpha value is -0.640. The summed E-state index contributed by atoms with van der Waals surface area (Å²) in [5.41, 5.74) is 0. The minimum absolute atomic E-state index is 0.327. The molecule has 1 heterocycles. The van der Waals surface area contributed by atoms with Gasteiger partial charge in [0.05, 0.1) is 0 Å². The summed E-state index contributed by atoms with van der Waals surface area (Å²) in [5, 5.41) is 2.80. The van der Waals surface area contributed by atoms with E-state index in [0.717, 1.165) is 11.7 Å². The molecule has 0 saturated heterocycles. The average molecular weight is 198 g/mol. The fourth-order valence-corrected chi connectivity index (χ4v) is 2.09. The number of nitrogens with zero attached hydrogens (tertiary/aromatic N) is 1. The Morgan fingerprint density at radius 2 is 2.08 bits per heavy atom. The number of rotatable bonds is 1. The molecule has 4 heteroatoms. The van der Waals surface area contributed by atoms with Crippen LogP contribution in [0.1, 0.15) is 44.3 Å². The van der Waals surface area contributed by atoms with E-state index in [1.54, 1.807) is 0 Å². The van der Waals surface area contributed by atoms with Crippen molar-refractivity contribution in [3.8, 4) is 0 Å². The molecule has 2 rings (SSSR count). The van der Waals surface area contributed by atoms with Crippen molar-refractivity contribution in [2.45, 2.75) is 38.5 Å². The molecule has 1 aliphatic carbocycles. The molecule has 0 bridgehead atoms. The second-order valence-corrected chi connectivity index (χ2v) is 4.27. The van der Waals surface area contributed by atoms with E-state index in [4.69, 9.17) is 16.7 Å². The Morgan fingerprint density at radius 3 is 2.62 bits per heavy atom. The third-order valence-electron chi connectivity index (χ3n) is 2.86. The van der Waals surface area contributed by atoms with Crippen LogP contribution in [0.2, 0.25) is 0 Å². The van der Waals surface area contributed by atoms with Crippen LogP contribution < -0.4 is 0 Å². The van der Waals surface area contributed by atoms with Crippen LogP contribution in [0.4, 0.5) is 0 Å². The topological polar surface area (TPSA) is 41.8 Å². The van der Waals surface area contributed by atoms with E-state index >= 15 is 0 Å². The summed E-state index contributed by atoms with van der Waals surface area (Å²) < 4.78 is 4.92. The van der Waals surface area contributed by atoms with E-state index in [1.807, 2.05) is 0 Å². The second-order valence-electron chi connectivity index (χ2n) is 3.92. The maximum absolute atomic E-state index is 4.92. The summed E-state index contributed by atoms with van der Waals surface area (Å²) in [4.78, 5) is 4.48. The van der Waals surface area contributed by atoms with Crippen LogP contribution in [0.25, 0.3) is 0 Å². The molecule has 0 radical (unpaired) electrons. The van der Waals surface area contributed by atoms with Gasteiger partial charge in [-0.1, -0.05) is 19.8 Å². The van der Waals surface area contributed by atoms with E-state index in [1.165, 1.54) is 25.7 Å². The standard InChI is InChI=1S/C9H14N2OS/c1-6-2-4-7(5-3-6)8-10-9(13)12-11-8/h6-7H,2-5H2,1H3,(H,10,11,13). The predicted octanol–water partition coefficient (Wildman–Crippen LogP) is 3.03. The van der Waals surface area contributed by atoms with E-state index in [0.29, 0.717) is 10.8 Å². The molecule has 0 unspecified atom stereocenters. The predicted molar refractivity (Wildman–Crippen MR) is 52.1 cm³/mol.